The van der Waals surface area contributed by atoms with Crippen LogP contribution in [-0.2, 0) is 9.59 Å². The molecule has 3 aromatic rings. The molecule has 0 spiro atoms. The summed E-state index contributed by atoms with van der Waals surface area (Å²) in [6.45, 7) is 3.02. The van der Waals surface area contributed by atoms with Crippen molar-refractivity contribution in [3.05, 3.63) is 84.1 Å². The fourth-order valence-electron chi connectivity index (χ4n) is 3.97. The van der Waals surface area contributed by atoms with Crippen molar-refractivity contribution in [2.24, 2.45) is 0 Å². The lowest BCUT2D eigenvalue weighted by Gasteiger charge is -2.39. The van der Waals surface area contributed by atoms with E-state index < -0.39 is 11.8 Å². The van der Waals surface area contributed by atoms with E-state index in [2.05, 4.69) is 20.4 Å². The van der Waals surface area contributed by atoms with E-state index in [1.165, 1.54) is 12.1 Å². The lowest BCUT2D eigenvalue weighted by molar-refractivity contribution is -0.136. The molecule has 0 saturated carbocycles. The first kappa shape index (κ1) is 23.0. The number of carbonyl (C=O) groups excluding carboxylic acids is 2. The van der Waals surface area contributed by atoms with Gasteiger partial charge in [0.1, 0.15) is 17.6 Å². The van der Waals surface area contributed by atoms with Gasteiger partial charge < -0.3 is 20.0 Å². The van der Waals surface area contributed by atoms with Crippen LogP contribution in [0.4, 0.5) is 15.8 Å². The number of rotatable bonds is 6. The van der Waals surface area contributed by atoms with Gasteiger partial charge in [0, 0.05) is 38.4 Å². The maximum atomic E-state index is 13.2. The van der Waals surface area contributed by atoms with E-state index in [0.717, 1.165) is 18.8 Å². The quantitative estimate of drug-likeness (QED) is 0.548. The minimum absolute atomic E-state index is 0.177. The Morgan fingerprint density at radius 1 is 1.00 bits per heavy atom. The summed E-state index contributed by atoms with van der Waals surface area (Å²) < 4.78 is 18.8. The Morgan fingerprint density at radius 3 is 2.41 bits per heavy atom. The van der Waals surface area contributed by atoms with Gasteiger partial charge in [-0.05, 0) is 48.5 Å². The number of hydrogen-bond donors (Lipinski definition) is 2. The number of amides is 2. The summed E-state index contributed by atoms with van der Waals surface area (Å²) in [5, 5.41) is 14.3. The third-order valence-corrected chi connectivity index (χ3v) is 5.78. The van der Waals surface area contributed by atoms with E-state index in [1.54, 1.807) is 48.7 Å². The summed E-state index contributed by atoms with van der Waals surface area (Å²) in [6.07, 6.45) is 1.57. The van der Waals surface area contributed by atoms with Crippen LogP contribution in [0.3, 0.4) is 0 Å². The highest BCUT2D eigenvalue weighted by atomic mass is 19.1. The molecule has 2 N–H and O–H groups in total. The second-order valence-electron chi connectivity index (χ2n) is 7.85. The molecule has 9 heteroatoms. The maximum Gasteiger partial charge on any atom is 0.313 e. The molecule has 1 aliphatic heterocycles. The predicted octanol–water partition coefficient (Wildman–Crippen LogP) is 2.91. The summed E-state index contributed by atoms with van der Waals surface area (Å²) >= 11 is 0. The Kier molecular flexibility index (Phi) is 7.20. The molecule has 34 heavy (non-hydrogen) atoms. The van der Waals surface area contributed by atoms with Crippen molar-refractivity contribution in [2.75, 3.05) is 42.9 Å². The van der Waals surface area contributed by atoms with E-state index in [-0.39, 0.29) is 29.7 Å². The highest BCUT2D eigenvalue weighted by Gasteiger charge is 2.28. The molecule has 8 nitrogen and oxygen atoms in total. The maximum absolute atomic E-state index is 13.2. The van der Waals surface area contributed by atoms with Gasteiger partial charge in [-0.2, -0.15) is 5.26 Å². The summed E-state index contributed by atoms with van der Waals surface area (Å²) in [4.78, 5) is 29.2. The van der Waals surface area contributed by atoms with Crippen LogP contribution in [0, 0.1) is 17.1 Å². The number of hydrogen-bond acceptors (Lipinski definition) is 6. The Bertz CT molecular complexity index is 1170. The Balaban J connectivity index is 1.37. The van der Waals surface area contributed by atoms with Crippen LogP contribution in [0.15, 0.2) is 71.3 Å². The van der Waals surface area contributed by atoms with Crippen molar-refractivity contribution in [1.82, 2.24) is 10.2 Å². The average Bonchev–Trinajstić information content (AvgIpc) is 3.40. The smallest absolute Gasteiger partial charge is 0.313 e. The fraction of sp³-hybridized carbons (Fsp3) is 0.240. The third-order valence-electron chi connectivity index (χ3n) is 5.78. The van der Waals surface area contributed by atoms with E-state index in [4.69, 9.17) is 9.68 Å². The molecule has 0 radical (unpaired) electrons. The minimum Gasteiger partial charge on any atom is -0.468 e. The lowest BCUT2D eigenvalue weighted by Crippen LogP contribution is -2.50. The Labute approximate surface area is 196 Å². The molecule has 1 aliphatic rings. The molecule has 1 saturated heterocycles. The van der Waals surface area contributed by atoms with Gasteiger partial charge in [0.2, 0.25) is 0 Å². The third kappa shape index (κ3) is 5.42. The summed E-state index contributed by atoms with van der Waals surface area (Å²) in [6, 6.07) is 18.2. The number of furan rings is 1. The predicted molar refractivity (Wildman–Crippen MR) is 124 cm³/mol. The topological polar surface area (TPSA) is 102 Å². The number of halogens is 1. The molecule has 0 bridgehead atoms. The second kappa shape index (κ2) is 10.6. The van der Waals surface area contributed by atoms with Crippen LogP contribution in [0.2, 0.25) is 0 Å². The SMILES string of the molecule is N#Cc1ccccc1NC(=O)C(=O)NCC(c1ccco1)N1CCN(c2ccc(F)cc2)CC1. The number of nitriles is 1. The van der Waals surface area contributed by atoms with Crippen LogP contribution < -0.4 is 15.5 Å². The van der Waals surface area contributed by atoms with Crippen molar-refractivity contribution >= 4 is 23.2 Å². The van der Waals surface area contributed by atoms with Gasteiger partial charge >= 0.3 is 11.8 Å². The molecule has 4 rings (SSSR count). The zero-order chi connectivity index (χ0) is 23.9. The van der Waals surface area contributed by atoms with Gasteiger partial charge in [-0.15, -0.1) is 0 Å². The number of benzene rings is 2. The molecule has 1 aromatic heterocycles. The minimum atomic E-state index is -0.845. The number of para-hydroxylation sites is 1. The van der Waals surface area contributed by atoms with Crippen LogP contribution in [-0.4, -0.2) is 49.4 Å². The van der Waals surface area contributed by atoms with Gasteiger partial charge in [-0.3, -0.25) is 14.5 Å². The standard InChI is InChI=1S/C25H24FN5O3/c26-19-7-9-20(10-8-19)30-11-13-31(14-12-30)22(23-6-3-15-34-23)17-28-24(32)25(33)29-21-5-2-1-4-18(21)16-27/h1-10,15,22H,11-14,17H2,(H,28,32)(H,29,33). The zero-order valence-corrected chi connectivity index (χ0v) is 18.4. The fourth-order valence-corrected chi connectivity index (χ4v) is 3.97. The van der Waals surface area contributed by atoms with Gasteiger partial charge in [-0.25, -0.2) is 4.39 Å². The molecular formula is C25H24FN5O3. The van der Waals surface area contributed by atoms with E-state index in [1.807, 2.05) is 12.1 Å². The van der Waals surface area contributed by atoms with Gasteiger partial charge in [0.25, 0.3) is 0 Å². The molecule has 0 aliphatic carbocycles. The molecule has 2 heterocycles. The number of nitrogens with one attached hydrogen (secondary N) is 2. The molecule has 174 valence electrons. The van der Waals surface area contributed by atoms with Crippen LogP contribution in [0.5, 0.6) is 0 Å². The van der Waals surface area contributed by atoms with Gasteiger partial charge in [-0.1, -0.05) is 12.1 Å². The Morgan fingerprint density at radius 2 is 1.74 bits per heavy atom. The average molecular weight is 461 g/mol. The number of nitrogens with zero attached hydrogens (tertiary/aromatic N) is 3. The second-order valence-corrected chi connectivity index (χ2v) is 7.85. The first-order valence-corrected chi connectivity index (χ1v) is 10.9. The monoisotopic (exact) mass is 461 g/mol. The molecule has 1 unspecified atom stereocenters. The largest absolute Gasteiger partial charge is 0.468 e. The first-order valence-electron chi connectivity index (χ1n) is 10.9. The van der Waals surface area contributed by atoms with Crippen LogP contribution in [0.1, 0.15) is 17.4 Å². The summed E-state index contributed by atoms with van der Waals surface area (Å²) in [5.41, 5.74) is 1.51. The van der Waals surface area contributed by atoms with Crippen LogP contribution >= 0.6 is 0 Å². The molecule has 1 atom stereocenters. The first-order chi connectivity index (χ1) is 16.5. The normalized spacial score (nSPS) is 14.8. The highest BCUT2D eigenvalue weighted by Crippen LogP contribution is 2.24. The molecule has 2 amide bonds. The number of anilines is 2. The van der Waals surface area contributed by atoms with Crippen molar-refractivity contribution in [3.8, 4) is 6.07 Å². The molecular weight excluding hydrogens is 437 g/mol. The van der Waals surface area contributed by atoms with Crippen molar-refractivity contribution in [2.45, 2.75) is 6.04 Å². The zero-order valence-electron chi connectivity index (χ0n) is 18.4. The van der Waals surface area contributed by atoms with E-state index in [0.29, 0.717) is 18.8 Å². The van der Waals surface area contributed by atoms with E-state index >= 15 is 0 Å². The number of carbonyl (C=O) groups is 2. The van der Waals surface area contributed by atoms with Crippen LogP contribution in [0.25, 0.3) is 0 Å². The lowest BCUT2D eigenvalue weighted by atomic mass is 10.1. The molecule has 1 fully saturated rings. The van der Waals surface area contributed by atoms with E-state index in [9.17, 15) is 14.0 Å². The van der Waals surface area contributed by atoms with Gasteiger partial charge in [0.15, 0.2) is 0 Å². The van der Waals surface area contributed by atoms with Crippen molar-refractivity contribution in [1.29, 1.82) is 5.26 Å². The summed E-state index contributed by atoms with van der Waals surface area (Å²) in [5.74, 6) is -1.22. The molecule has 2 aromatic carbocycles. The van der Waals surface area contributed by atoms with Crippen molar-refractivity contribution < 1.29 is 18.4 Å². The summed E-state index contributed by atoms with van der Waals surface area (Å²) in [7, 11) is 0. The number of piperazine rings is 1. The Hall–Kier alpha value is -4.16. The van der Waals surface area contributed by atoms with Gasteiger partial charge in [0.05, 0.1) is 23.6 Å². The highest BCUT2D eigenvalue weighted by molar-refractivity contribution is 6.39. The van der Waals surface area contributed by atoms with Crippen molar-refractivity contribution in [3.63, 3.8) is 0 Å².